The summed E-state index contributed by atoms with van der Waals surface area (Å²) in [4.78, 5) is 0. The largest absolute Gasteiger partial charge is 0.339 e. The quantitative estimate of drug-likeness (QED) is 0.668. The standard InChI is InChI=1S/C17H14Cl2FN3/c1-10-16(12-8-7-11(20)9-14(12)19)17(23(2)22-10)21-15-6-4-3-5-13(15)18/h3-9,21H,1-2H3. The second-order valence-electron chi connectivity index (χ2n) is 5.16. The summed E-state index contributed by atoms with van der Waals surface area (Å²) in [6.07, 6.45) is 0. The Labute approximate surface area is 143 Å². The van der Waals surface area contributed by atoms with Gasteiger partial charge < -0.3 is 5.32 Å². The number of aryl methyl sites for hydroxylation is 2. The molecule has 0 aliphatic rings. The van der Waals surface area contributed by atoms with E-state index < -0.39 is 0 Å². The van der Waals surface area contributed by atoms with Crippen LogP contribution in [0.15, 0.2) is 42.5 Å². The van der Waals surface area contributed by atoms with Crippen molar-refractivity contribution in [1.82, 2.24) is 9.78 Å². The summed E-state index contributed by atoms with van der Waals surface area (Å²) in [5, 5.41) is 8.66. The summed E-state index contributed by atoms with van der Waals surface area (Å²) < 4.78 is 15.0. The van der Waals surface area contributed by atoms with Crippen LogP contribution in [0, 0.1) is 12.7 Å². The number of aromatic nitrogens is 2. The van der Waals surface area contributed by atoms with Crippen LogP contribution in [0.2, 0.25) is 10.0 Å². The second-order valence-corrected chi connectivity index (χ2v) is 5.98. The van der Waals surface area contributed by atoms with Crippen molar-refractivity contribution in [2.24, 2.45) is 7.05 Å². The molecule has 0 unspecified atom stereocenters. The lowest BCUT2D eigenvalue weighted by atomic mass is 10.1. The van der Waals surface area contributed by atoms with Crippen molar-refractivity contribution in [2.75, 3.05) is 5.32 Å². The summed E-state index contributed by atoms with van der Waals surface area (Å²) >= 11 is 12.4. The summed E-state index contributed by atoms with van der Waals surface area (Å²) in [6.45, 7) is 1.88. The highest BCUT2D eigenvalue weighted by molar-refractivity contribution is 6.34. The molecule has 0 aliphatic heterocycles. The van der Waals surface area contributed by atoms with E-state index in [2.05, 4.69) is 10.4 Å². The van der Waals surface area contributed by atoms with Gasteiger partial charge in [0.25, 0.3) is 0 Å². The fourth-order valence-corrected chi connectivity index (χ4v) is 2.95. The van der Waals surface area contributed by atoms with Gasteiger partial charge in [0.15, 0.2) is 0 Å². The van der Waals surface area contributed by atoms with Gasteiger partial charge in [0.05, 0.1) is 21.4 Å². The van der Waals surface area contributed by atoms with E-state index in [-0.39, 0.29) is 5.82 Å². The minimum Gasteiger partial charge on any atom is -0.339 e. The Morgan fingerprint density at radius 2 is 1.83 bits per heavy atom. The van der Waals surface area contributed by atoms with Crippen molar-refractivity contribution in [2.45, 2.75) is 6.92 Å². The highest BCUT2D eigenvalue weighted by atomic mass is 35.5. The zero-order valence-corrected chi connectivity index (χ0v) is 14.1. The SMILES string of the molecule is Cc1nn(C)c(Nc2ccccc2Cl)c1-c1ccc(F)cc1Cl. The zero-order valence-electron chi connectivity index (χ0n) is 12.6. The summed E-state index contributed by atoms with van der Waals surface area (Å²) in [6, 6.07) is 11.8. The number of hydrogen-bond acceptors (Lipinski definition) is 2. The molecule has 2 aromatic carbocycles. The van der Waals surface area contributed by atoms with E-state index >= 15 is 0 Å². The normalized spacial score (nSPS) is 10.8. The second kappa shape index (κ2) is 6.22. The Hall–Kier alpha value is -2.04. The first kappa shape index (κ1) is 15.8. The minimum absolute atomic E-state index is 0.336. The van der Waals surface area contributed by atoms with Crippen LogP contribution in [-0.2, 0) is 7.05 Å². The molecule has 23 heavy (non-hydrogen) atoms. The smallest absolute Gasteiger partial charge is 0.136 e. The lowest BCUT2D eigenvalue weighted by molar-refractivity contribution is 0.628. The average molecular weight is 350 g/mol. The first-order chi connectivity index (χ1) is 11.0. The van der Waals surface area contributed by atoms with Crippen molar-refractivity contribution in [3.05, 3.63) is 64.0 Å². The van der Waals surface area contributed by atoms with E-state index in [1.165, 1.54) is 12.1 Å². The van der Waals surface area contributed by atoms with Crippen molar-refractivity contribution in [3.8, 4) is 11.1 Å². The van der Waals surface area contributed by atoms with Crippen LogP contribution in [0.5, 0.6) is 0 Å². The van der Waals surface area contributed by atoms with E-state index in [4.69, 9.17) is 23.2 Å². The van der Waals surface area contributed by atoms with Crippen LogP contribution >= 0.6 is 23.2 Å². The van der Waals surface area contributed by atoms with Crippen LogP contribution in [0.3, 0.4) is 0 Å². The van der Waals surface area contributed by atoms with E-state index in [1.54, 1.807) is 16.8 Å². The third-order valence-electron chi connectivity index (χ3n) is 3.55. The maximum atomic E-state index is 13.3. The van der Waals surface area contributed by atoms with Crippen LogP contribution in [0.1, 0.15) is 5.69 Å². The molecule has 1 N–H and O–H groups in total. The fraction of sp³-hybridized carbons (Fsp3) is 0.118. The van der Waals surface area contributed by atoms with Gasteiger partial charge in [0, 0.05) is 18.2 Å². The van der Waals surface area contributed by atoms with Gasteiger partial charge in [0.2, 0.25) is 0 Å². The molecule has 6 heteroatoms. The molecule has 0 fully saturated rings. The molecule has 0 aliphatic carbocycles. The topological polar surface area (TPSA) is 29.9 Å². The van der Waals surface area contributed by atoms with Gasteiger partial charge in [-0.05, 0) is 37.3 Å². The van der Waals surface area contributed by atoms with Crippen molar-refractivity contribution in [1.29, 1.82) is 0 Å². The average Bonchev–Trinajstić information content (AvgIpc) is 2.76. The van der Waals surface area contributed by atoms with Gasteiger partial charge in [-0.3, -0.25) is 4.68 Å². The van der Waals surface area contributed by atoms with Gasteiger partial charge in [-0.15, -0.1) is 0 Å². The molecule has 0 saturated heterocycles. The number of benzene rings is 2. The molecule has 0 bridgehead atoms. The Bertz CT molecular complexity index is 874. The minimum atomic E-state index is -0.374. The van der Waals surface area contributed by atoms with Gasteiger partial charge in [-0.25, -0.2) is 4.39 Å². The van der Waals surface area contributed by atoms with Gasteiger partial charge in [-0.1, -0.05) is 35.3 Å². The molecule has 1 aromatic heterocycles. The van der Waals surface area contributed by atoms with E-state index in [0.717, 1.165) is 22.8 Å². The zero-order chi connectivity index (χ0) is 16.6. The van der Waals surface area contributed by atoms with Gasteiger partial charge >= 0.3 is 0 Å². The Balaban J connectivity index is 2.13. The summed E-state index contributed by atoms with van der Waals surface area (Å²) in [7, 11) is 1.83. The third-order valence-corrected chi connectivity index (χ3v) is 4.19. The molecule has 3 nitrogen and oxygen atoms in total. The molecule has 0 spiro atoms. The Kier molecular flexibility index (Phi) is 4.28. The molecule has 0 radical (unpaired) electrons. The van der Waals surface area contributed by atoms with Crippen LogP contribution < -0.4 is 5.32 Å². The molecule has 3 aromatic rings. The number of nitrogens with zero attached hydrogens (tertiary/aromatic N) is 2. The molecule has 1 heterocycles. The number of nitrogens with one attached hydrogen (secondary N) is 1. The number of rotatable bonds is 3. The van der Waals surface area contributed by atoms with Crippen molar-refractivity contribution >= 4 is 34.7 Å². The van der Waals surface area contributed by atoms with Crippen molar-refractivity contribution < 1.29 is 4.39 Å². The Morgan fingerprint density at radius 3 is 2.52 bits per heavy atom. The molecule has 0 saturated carbocycles. The molecule has 0 atom stereocenters. The highest BCUT2D eigenvalue weighted by Crippen LogP contribution is 2.38. The third kappa shape index (κ3) is 3.05. The monoisotopic (exact) mass is 349 g/mol. The maximum absolute atomic E-state index is 13.3. The number of anilines is 2. The number of halogens is 3. The molecule has 0 amide bonds. The van der Waals surface area contributed by atoms with Crippen LogP contribution in [-0.4, -0.2) is 9.78 Å². The Morgan fingerprint density at radius 1 is 1.09 bits per heavy atom. The predicted molar refractivity (Wildman–Crippen MR) is 93.1 cm³/mol. The summed E-state index contributed by atoms with van der Waals surface area (Å²) in [5.41, 5.74) is 3.08. The first-order valence-corrected chi connectivity index (χ1v) is 7.73. The van der Waals surface area contributed by atoms with Gasteiger partial charge in [0.1, 0.15) is 11.6 Å². The van der Waals surface area contributed by atoms with Crippen molar-refractivity contribution in [3.63, 3.8) is 0 Å². The lowest BCUT2D eigenvalue weighted by Gasteiger charge is -2.12. The van der Waals surface area contributed by atoms with Crippen LogP contribution in [0.4, 0.5) is 15.9 Å². The maximum Gasteiger partial charge on any atom is 0.136 e. The lowest BCUT2D eigenvalue weighted by Crippen LogP contribution is -2.00. The van der Waals surface area contributed by atoms with Gasteiger partial charge in [-0.2, -0.15) is 5.10 Å². The predicted octanol–water partition coefficient (Wildman–Crippen LogP) is 5.59. The molecule has 3 rings (SSSR count). The van der Waals surface area contributed by atoms with E-state index in [0.29, 0.717) is 15.6 Å². The summed E-state index contributed by atoms with van der Waals surface area (Å²) in [5.74, 6) is 0.366. The molecular weight excluding hydrogens is 336 g/mol. The fourth-order valence-electron chi connectivity index (χ4n) is 2.51. The highest BCUT2D eigenvalue weighted by Gasteiger charge is 2.18. The first-order valence-electron chi connectivity index (χ1n) is 6.98. The number of para-hydroxylation sites is 1. The molecular formula is C17H14Cl2FN3. The van der Waals surface area contributed by atoms with Crippen LogP contribution in [0.25, 0.3) is 11.1 Å². The number of hydrogen-bond donors (Lipinski definition) is 1. The van der Waals surface area contributed by atoms with E-state index in [9.17, 15) is 4.39 Å². The van der Waals surface area contributed by atoms with E-state index in [1.807, 2.05) is 32.2 Å². The molecule has 118 valence electrons.